The molecule has 0 spiro atoms. The van der Waals surface area contributed by atoms with E-state index in [0.717, 1.165) is 31.1 Å². The summed E-state index contributed by atoms with van der Waals surface area (Å²) in [5.41, 5.74) is 3.84. The lowest BCUT2D eigenvalue weighted by atomic mass is 10.1. The molecule has 1 aromatic rings. The summed E-state index contributed by atoms with van der Waals surface area (Å²) in [5, 5.41) is 4.26. The van der Waals surface area contributed by atoms with Crippen LogP contribution in [0.5, 0.6) is 0 Å². The standard InChI is InChI=1S/C16H23ClN2/c1-4-18-13(3)15-8-7-14(10-16(15)17)19-9-5-6-12(2)11-19/h6-8,10,13,18H,4-5,9,11H2,1-3H3. The number of anilines is 1. The highest BCUT2D eigenvalue weighted by molar-refractivity contribution is 6.31. The monoisotopic (exact) mass is 278 g/mol. The van der Waals surface area contributed by atoms with Crippen LogP contribution in [0.2, 0.25) is 5.02 Å². The topological polar surface area (TPSA) is 15.3 Å². The van der Waals surface area contributed by atoms with Crippen molar-refractivity contribution in [3.8, 4) is 0 Å². The fourth-order valence-corrected chi connectivity index (χ4v) is 2.95. The third-order valence-electron chi connectivity index (χ3n) is 3.66. The van der Waals surface area contributed by atoms with Crippen LogP contribution in [0.1, 0.15) is 38.8 Å². The van der Waals surface area contributed by atoms with Gasteiger partial charge < -0.3 is 10.2 Å². The quantitative estimate of drug-likeness (QED) is 0.832. The van der Waals surface area contributed by atoms with E-state index in [9.17, 15) is 0 Å². The van der Waals surface area contributed by atoms with Gasteiger partial charge in [-0.25, -0.2) is 0 Å². The molecule has 1 unspecified atom stereocenters. The summed E-state index contributed by atoms with van der Waals surface area (Å²) in [5.74, 6) is 0. The molecule has 1 heterocycles. The molecule has 104 valence electrons. The highest BCUT2D eigenvalue weighted by Gasteiger charge is 2.14. The van der Waals surface area contributed by atoms with E-state index in [2.05, 4.69) is 55.3 Å². The van der Waals surface area contributed by atoms with Gasteiger partial charge in [-0.15, -0.1) is 0 Å². The van der Waals surface area contributed by atoms with Gasteiger partial charge in [-0.2, -0.15) is 0 Å². The average Bonchev–Trinajstić information content (AvgIpc) is 2.38. The highest BCUT2D eigenvalue weighted by atomic mass is 35.5. The average molecular weight is 279 g/mol. The zero-order chi connectivity index (χ0) is 13.8. The SMILES string of the molecule is CCNC(C)c1ccc(N2CCC=C(C)C2)cc1Cl. The van der Waals surface area contributed by atoms with Crippen molar-refractivity contribution in [2.24, 2.45) is 0 Å². The molecular formula is C16H23ClN2. The minimum Gasteiger partial charge on any atom is -0.367 e. The molecule has 2 rings (SSSR count). The molecule has 1 aliphatic heterocycles. The van der Waals surface area contributed by atoms with E-state index >= 15 is 0 Å². The van der Waals surface area contributed by atoms with E-state index in [1.807, 2.05) is 0 Å². The minimum absolute atomic E-state index is 0.300. The van der Waals surface area contributed by atoms with Crippen molar-refractivity contribution in [1.29, 1.82) is 0 Å². The molecule has 1 aromatic carbocycles. The molecule has 0 radical (unpaired) electrons. The molecule has 3 heteroatoms. The molecule has 1 atom stereocenters. The van der Waals surface area contributed by atoms with E-state index < -0.39 is 0 Å². The first-order chi connectivity index (χ1) is 9.11. The Bertz CT molecular complexity index is 468. The number of benzene rings is 1. The van der Waals surface area contributed by atoms with E-state index in [1.165, 1.54) is 16.8 Å². The first-order valence-corrected chi connectivity index (χ1v) is 7.43. The third kappa shape index (κ3) is 3.52. The Kier molecular flexibility index (Phi) is 4.89. The van der Waals surface area contributed by atoms with Crippen molar-refractivity contribution in [2.45, 2.75) is 33.2 Å². The van der Waals surface area contributed by atoms with Crippen molar-refractivity contribution in [3.05, 3.63) is 40.4 Å². The number of hydrogen-bond donors (Lipinski definition) is 1. The van der Waals surface area contributed by atoms with Crippen LogP contribution in [0.25, 0.3) is 0 Å². The summed E-state index contributed by atoms with van der Waals surface area (Å²) < 4.78 is 0. The predicted octanol–water partition coefficient (Wildman–Crippen LogP) is 4.17. The van der Waals surface area contributed by atoms with Crippen LogP contribution in [-0.2, 0) is 0 Å². The molecule has 0 aliphatic carbocycles. The van der Waals surface area contributed by atoms with E-state index in [4.69, 9.17) is 11.6 Å². The second kappa shape index (κ2) is 6.44. The summed E-state index contributed by atoms with van der Waals surface area (Å²) in [6.45, 7) is 9.50. The Morgan fingerprint density at radius 2 is 2.21 bits per heavy atom. The Balaban J connectivity index is 2.17. The molecule has 0 amide bonds. The maximum atomic E-state index is 6.43. The Morgan fingerprint density at radius 3 is 2.84 bits per heavy atom. The zero-order valence-corrected chi connectivity index (χ0v) is 12.8. The maximum Gasteiger partial charge on any atom is 0.0474 e. The summed E-state index contributed by atoms with van der Waals surface area (Å²) in [6, 6.07) is 6.74. The Labute approximate surface area is 121 Å². The number of nitrogens with one attached hydrogen (secondary N) is 1. The van der Waals surface area contributed by atoms with Gasteiger partial charge >= 0.3 is 0 Å². The number of halogens is 1. The highest BCUT2D eigenvalue weighted by Crippen LogP contribution is 2.29. The van der Waals surface area contributed by atoms with Crippen molar-refractivity contribution >= 4 is 17.3 Å². The number of rotatable bonds is 4. The maximum absolute atomic E-state index is 6.43. The molecule has 0 aromatic heterocycles. The lowest BCUT2D eigenvalue weighted by Crippen LogP contribution is -2.29. The zero-order valence-electron chi connectivity index (χ0n) is 12.0. The minimum atomic E-state index is 0.300. The smallest absolute Gasteiger partial charge is 0.0474 e. The fraction of sp³-hybridized carbons (Fsp3) is 0.500. The lowest BCUT2D eigenvalue weighted by Gasteiger charge is -2.29. The van der Waals surface area contributed by atoms with Gasteiger partial charge in [0.25, 0.3) is 0 Å². The van der Waals surface area contributed by atoms with Gasteiger partial charge in [-0.05, 0) is 44.5 Å². The largest absolute Gasteiger partial charge is 0.367 e. The normalized spacial score (nSPS) is 17.3. The van der Waals surface area contributed by atoms with Crippen LogP contribution in [0.15, 0.2) is 29.8 Å². The van der Waals surface area contributed by atoms with Gasteiger partial charge in [-0.1, -0.05) is 36.2 Å². The molecule has 0 bridgehead atoms. The van der Waals surface area contributed by atoms with Crippen LogP contribution in [-0.4, -0.2) is 19.6 Å². The number of hydrogen-bond acceptors (Lipinski definition) is 2. The van der Waals surface area contributed by atoms with Gasteiger partial charge in [0, 0.05) is 29.8 Å². The Morgan fingerprint density at radius 1 is 1.42 bits per heavy atom. The molecule has 1 aliphatic rings. The van der Waals surface area contributed by atoms with Crippen molar-refractivity contribution in [3.63, 3.8) is 0 Å². The third-order valence-corrected chi connectivity index (χ3v) is 3.99. The van der Waals surface area contributed by atoms with E-state index in [-0.39, 0.29) is 0 Å². The summed E-state index contributed by atoms with van der Waals surface area (Å²) in [6.07, 6.45) is 3.44. The van der Waals surface area contributed by atoms with Gasteiger partial charge in [-0.3, -0.25) is 0 Å². The van der Waals surface area contributed by atoms with Crippen LogP contribution in [0, 0.1) is 0 Å². The first-order valence-electron chi connectivity index (χ1n) is 7.05. The van der Waals surface area contributed by atoms with Gasteiger partial charge in [0.1, 0.15) is 0 Å². The lowest BCUT2D eigenvalue weighted by molar-refractivity contribution is 0.598. The molecule has 0 saturated heterocycles. The van der Waals surface area contributed by atoms with Crippen LogP contribution in [0.4, 0.5) is 5.69 Å². The Hall–Kier alpha value is -0.990. The van der Waals surface area contributed by atoms with Crippen LogP contribution < -0.4 is 10.2 Å². The molecule has 0 saturated carbocycles. The summed E-state index contributed by atoms with van der Waals surface area (Å²) >= 11 is 6.43. The van der Waals surface area contributed by atoms with Crippen molar-refractivity contribution in [1.82, 2.24) is 5.32 Å². The van der Waals surface area contributed by atoms with E-state index in [0.29, 0.717) is 6.04 Å². The molecule has 19 heavy (non-hydrogen) atoms. The number of nitrogens with zero attached hydrogens (tertiary/aromatic N) is 1. The van der Waals surface area contributed by atoms with Gasteiger partial charge in [0.05, 0.1) is 0 Å². The molecule has 2 nitrogen and oxygen atoms in total. The van der Waals surface area contributed by atoms with Gasteiger partial charge in [0.2, 0.25) is 0 Å². The molecule has 1 N–H and O–H groups in total. The summed E-state index contributed by atoms with van der Waals surface area (Å²) in [4.78, 5) is 2.39. The van der Waals surface area contributed by atoms with Crippen molar-refractivity contribution in [2.75, 3.05) is 24.5 Å². The second-order valence-corrected chi connectivity index (χ2v) is 5.65. The second-order valence-electron chi connectivity index (χ2n) is 5.25. The van der Waals surface area contributed by atoms with Crippen LogP contribution >= 0.6 is 11.6 Å². The van der Waals surface area contributed by atoms with Gasteiger partial charge in [0.15, 0.2) is 0 Å². The summed E-state index contributed by atoms with van der Waals surface area (Å²) in [7, 11) is 0. The van der Waals surface area contributed by atoms with Crippen LogP contribution in [0.3, 0.4) is 0 Å². The molecular weight excluding hydrogens is 256 g/mol. The predicted molar refractivity (Wildman–Crippen MR) is 84.1 cm³/mol. The molecule has 0 fully saturated rings. The first kappa shape index (κ1) is 14.4. The van der Waals surface area contributed by atoms with E-state index in [1.54, 1.807) is 0 Å². The fourth-order valence-electron chi connectivity index (χ4n) is 2.61. The van der Waals surface area contributed by atoms with Crippen molar-refractivity contribution < 1.29 is 0 Å².